The molecule has 2 fully saturated rings. The zero-order valence-corrected chi connectivity index (χ0v) is 20.6. The van der Waals surface area contributed by atoms with Gasteiger partial charge in [-0.1, -0.05) is 18.2 Å². The third-order valence-corrected chi connectivity index (χ3v) is 5.69. The van der Waals surface area contributed by atoms with Gasteiger partial charge in [-0.05, 0) is 6.07 Å². The lowest BCUT2D eigenvalue weighted by molar-refractivity contribution is -0.193. The second-order valence-electron chi connectivity index (χ2n) is 8.82. The minimum Gasteiger partial charge on any atom is -0.475 e. The molecular weight excluding hydrogens is 545 g/mol. The number of carbonyl (C=O) groups is 2. The highest BCUT2D eigenvalue weighted by atomic mass is 19.4. The SMILES string of the molecule is Cn1cc(CN2CCO[C@@H]3CN(Cc4ccccc4F)C[C@@H]3C2)cn1.O=C(O)C(F)(F)F.O=C(O)C(F)(F)F. The number of aryl methyl sites for hydroxylation is 1. The highest BCUT2D eigenvalue weighted by Gasteiger charge is 2.39. The van der Waals surface area contributed by atoms with Crippen molar-refractivity contribution >= 4 is 11.9 Å². The van der Waals surface area contributed by atoms with E-state index >= 15 is 0 Å². The van der Waals surface area contributed by atoms with Crippen LogP contribution >= 0.6 is 0 Å². The smallest absolute Gasteiger partial charge is 0.475 e. The molecule has 2 aromatic rings. The molecule has 2 saturated heterocycles. The van der Waals surface area contributed by atoms with Crippen molar-refractivity contribution in [2.75, 3.05) is 32.8 Å². The first-order chi connectivity index (χ1) is 18.1. The molecule has 16 heteroatoms. The van der Waals surface area contributed by atoms with E-state index in [-0.39, 0.29) is 11.9 Å². The molecule has 0 spiro atoms. The second-order valence-corrected chi connectivity index (χ2v) is 8.82. The fraction of sp³-hybridized carbons (Fsp3) is 0.522. The molecule has 3 heterocycles. The molecular formula is C23H27F7N4O5. The van der Waals surface area contributed by atoms with Crippen LogP contribution in [0.3, 0.4) is 0 Å². The number of nitrogens with zero attached hydrogens (tertiary/aromatic N) is 4. The average Bonchev–Trinajstić information content (AvgIpc) is 3.34. The Labute approximate surface area is 218 Å². The zero-order valence-electron chi connectivity index (χ0n) is 20.6. The van der Waals surface area contributed by atoms with E-state index in [0.717, 1.165) is 44.9 Å². The number of halogens is 7. The summed E-state index contributed by atoms with van der Waals surface area (Å²) >= 11 is 0. The number of hydrogen-bond donors (Lipinski definition) is 2. The Morgan fingerprint density at radius 3 is 2.05 bits per heavy atom. The van der Waals surface area contributed by atoms with Crippen LogP contribution in [0.1, 0.15) is 11.1 Å². The molecule has 2 N–H and O–H groups in total. The van der Waals surface area contributed by atoms with Crippen molar-refractivity contribution in [3.8, 4) is 0 Å². The molecule has 2 aliphatic heterocycles. The van der Waals surface area contributed by atoms with Crippen LogP contribution < -0.4 is 0 Å². The number of fused-ring (bicyclic) bond motifs is 1. The van der Waals surface area contributed by atoms with E-state index in [1.165, 1.54) is 11.6 Å². The topological polar surface area (TPSA) is 108 Å². The Bertz CT molecular complexity index is 1070. The summed E-state index contributed by atoms with van der Waals surface area (Å²) in [5, 5.41) is 18.5. The summed E-state index contributed by atoms with van der Waals surface area (Å²) in [6.45, 7) is 6.15. The number of aromatic nitrogens is 2. The fourth-order valence-electron chi connectivity index (χ4n) is 4.00. The molecule has 9 nitrogen and oxygen atoms in total. The molecule has 0 aliphatic carbocycles. The van der Waals surface area contributed by atoms with Gasteiger partial charge in [0.1, 0.15) is 5.82 Å². The van der Waals surface area contributed by atoms with E-state index in [4.69, 9.17) is 24.5 Å². The van der Waals surface area contributed by atoms with Gasteiger partial charge in [0.2, 0.25) is 0 Å². The van der Waals surface area contributed by atoms with Crippen molar-refractivity contribution in [1.29, 1.82) is 0 Å². The lowest BCUT2D eigenvalue weighted by Gasteiger charge is -2.23. The number of alkyl halides is 6. The Hall–Kier alpha value is -3.24. The van der Waals surface area contributed by atoms with Gasteiger partial charge in [-0.15, -0.1) is 0 Å². The molecule has 0 bridgehead atoms. The molecule has 2 atom stereocenters. The van der Waals surface area contributed by atoms with E-state index in [9.17, 15) is 30.7 Å². The molecule has 39 heavy (non-hydrogen) atoms. The number of ether oxygens (including phenoxy) is 1. The van der Waals surface area contributed by atoms with Crippen LogP contribution in [0.5, 0.6) is 0 Å². The van der Waals surface area contributed by atoms with E-state index < -0.39 is 24.3 Å². The van der Waals surface area contributed by atoms with E-state index in [1.54, 1.807) is 6.07 Å². The monoisotopic (exact) mass is 572 g/mol. The van der Waals surface area contributed by atoms with Crippen LogP contribution in [-0.4, -0.2) is 93.0 Å². The summed E-state index contributed by atoms with van der Waals surface area (Å²) in [5.41, 5.74) is 2.01. The lowest BCUT2D eigenvalue weighted by Crippen LogP contribution is -2.32. The normalized spacial score (nSPS) is 20.1. The van der Waals surface area contributed by atoms with Crippen LogP contribution in [0.25, 0.3) is 0 Å². The molecule has 4 rings (SSSR count). The number of rotatable bonds is 4. The maximum Gasteiger partial charge on any atom is 0.490 e. The molecule has 0 radical (unpaired) electrons. The van der Waals surface area contributed by atoms with Crippen LogP contribution in [0.4, 0.5) is 30.7 Å². The zero-order chi connectivity index (χ0) is 29.4. The van der Waals surface area contributed by atoms with Crippen LogP contribution in [0, 0.1) is 11.7 Å². The molecule has 1 aromatic heterocycles. The quantitative estimate of drug-likeness (QED) is 0.539. The van der Waals surface area contributed by atoms with Crippen molar-refractivity contribution in [2.45, 2.75) is 31.5 Å². The summed E-state index contributed by atoms with van der Waals surface area (Å²) in [5.74, 6) is -5.15. The van der Waals surface area contributed by atoms with Crippen molar-refractivity contribution in [1.82, 2.24) is 19.6 Å². The first-order valence-electron chi connectivity index (χ1n) is 11.4. The van der Waals surface area contributed by atoms with Gasteiger partial charge in [0.05, 0.1) is 18.9 Å². The summed E-state index contributed by atoms with van der Waals surface area (Å²) < 4.78 is 85.3. The maximum absolute atomic E-state index is 13.9. The largest absolute Gasteiger partial charge is 0.490 e. The van der Waals surface area contributed by atoms with E-state index in [2.05, 4.69) is 21.1 Å². The number of carboxylic acids is 2. The van der Waals surface area contributed by atoms with Crippen molar-refractivity contribution in [3.05, 3.63) is 53.6 Å². The van der Waals surface area contributed by atoms with Gasteiger partial charge >= 0.3 is 24.3 Å². The summed E-state index contributed by atoms with van der Waals surface area (Å²) in [4.78, 5) is 22.6. The number of aliphatic carboxylic acids is 2. The van der Waals surface area contributed by atoms with Gasteiger partial charge < -0.3 is 14.9 Å². The summed E-state index contributed by atoms with van der Waals surface area (Å²) in [6.07, 6.45) is -5.91. The van der Waals surface area contributed by atoms with Crippen LogP contribution in [0.2, 0.25) is 0 Å². The highest BCUT2D eigenvalue weighted by molar-refractivity contribution is 5.73. The van der Waals surface area contributed by atoms with Gasteiger partial charge in [-0.25, -0.2) is 14.0 Å². The van der Waals surface area contributed by atoms with Crippen molar-refractivity contribution in [3.63, 3.8) is 0 Å². The molecule has 218 valence electrons. The molecule has 1 aromatic carbocycles. The standard InChI is InChI=1S/C19H25FN4O.2C2HF3O2/c1-22-9-15(8-21-22)10-23-6-7-25-19-14-24(13-17(19)12-23)11-16-4-2-3-5-18(16)20;2*3-2(4,5)1(6)7/h2-5,8-9,17,19H,6-7,10-14H2,1H3;2*(H,6,7)/t17-,19+;;/m0../s1. The molecule has 0 saturated carbocycles. The van der Waals surface area contributed by atoms with Gasteiger partial charge in [0, 0.05) is 69.6 Å². The summed E-state index contributed by atoms with van der Waals surface area (Å²) in [6, 6.07) is 7.06. The van der Waals surface area contributed by atoms with Crippen molar-refractivity contribution < 1.29 is 55.3 Å². The van der Waals surface area contributed by atoms with Gasteiger partial charge in [0.25, 0.3) is 0 Å². The first kappa shape index (κ1) is 32.0. The predicted octanol–water partition coefficient (Wildman–Crippen LogP) is 3.16. The third kappa shape index (κ3) is 10.8. The predicted molar refractivity (Wildman–Crippen MR) is 121 cm³/mol. The average molecular weight is 572 g/mol. The second kappa shape index (κ2) is 13.7. The van der Waals surface area contributed by atoms with E-state index in [0.29, 0.717) is 12.5 Å². The van der Waals surface area contributed by atoms with Gasteiger partial charge in [0.15, 0.2) is 0 Å². The summed E-state index contributed by atoms with van der Waals surface area (Å²) in [7, 11) is 1.95. The minimum atomic E-state index is -5.08. The Morgan fingerprint density at radius 1 is 0.974 bits per heavy atom. The first-order valence-corrected chi connectivity index (χ1v) is 11.4. The Kier molecular flexibility index (Phi) is 11.2. The van der Waals surface area contributed by atoms with E-state index in [1.807, 2.05) is 30.1 Å². The molecule has 2 aliphatic rings. The van der Waals surface area contributed by atoms with Gasteiger partial charge in [-0.2, -0.15) is 31.4 Å². The fourth-order valence-corrected chi connectivity index (χ4v) is 4.00. The van der Waals surface area contributed by atoms with Crippen molar-refractivity contribution in [2.24, 2.45) is 13.0 Å². The van der Waals surface area contributed by atoms with Gasteiger partial charge in [-0.3, -0.25) is 14.5 Å². The number of benzene rings is 1. The number of hydrogen-bond acceptors (Lipinski definition) is 6. The molecule has 0 amide bonds. The third-order valence-electron chi connectivity index (χ3n) is 5.69. The number of carboxylic acid groups (broad SMARTS) is 2. The van der Waals surface area contributed by atoms with Crippen LogP contribution in [-0.2, 0) is 34.5 Å². The number of likely N-dealkylation sites (tertiary alicyclic amines) is 1. The maximum atomic E-state index is 13.9. The van der Waals surface area contributed by atoms with Crippen LogP contribution in [0.15, 0.2) is 36.7 Å². The lowest BCUT2D eigenvalue weighted by atomic mass is 10.1. The Balaban J connectivity index is 0.000000317. The highest BCUT2D eigenvalue weighted by Crippen LogP contribution is 2.26. The minimum absolute atomic E-state index is 0.117. The molecule has 0 unspecified atom stereocenters. The Morgan fingerprint density at radius 2 is 1.54 bits per heavy atom.